The molecule has 4 heteroatoms. The zero-order valence-electron chi connectivity index (χ0n) is 13.3. The summed E-state index contributed by atoms with van der Waals surface area (Å²) in [5, 5.41) is 6.77. The second-order valence-corrected chi connectivity index (χ2v) is 5.92. The average Bonchev–Trinajstić information content (AvgIpc) is 2.56. The molecule has 0 atom stereocenters. The number of nitrogens with one attached hydrogen (secondary N) is 2. The lowest BCUT2D eigenvalue weighted by Crippen LogP contribution is -2.40. The lowest BCUT2D eigenvalue weighted by atomic mass is 9.81. The Kier molecular flexibility index (Phi) is 6.51. The molecule has 1 heterocycles. The molecule has 2 rings (SSSR count). The maximum absolute atomic E-state index is 4.31. The van der Waals surface area contributed by atoms with E-state index in [1.807, 2.05) is 31.4 Å². The van der Waals surface area contributed by atoms with Crippen LogP contribution in [0.5, 0.6) is 0 Å². The Morgan fingerprint density at radius 1 is 1.19 bits per heavy atom. The van der Waals surface area contributed by atoms with Gasteiger partial charge in [0.05, 0.1) is 12.2 Å². The van der Waals surface area contributed by atoms with Crippen molar-refractivity contribution in [3.8, 4) is 0 Å². The van der Waals surface area contributed by atoms with Crippen LogP contribution in [0.3, 0.4) is 0 Å². The van der Waals surface area contributed by atoms with E-state index < -0.39 is 0 Å². The quantitative estimate of drug-likeness (QED) is 0.647. The monoisotopic (exact) mass is 288 g/mol. The molecule has 1 aliphatic rings. The molecule has 0 amide bonds. The highest BCUT2D eigenvalue weighted by molar-refractivity contribution is 5.79. The van der Waals surface area contributed by atoms with Crippen molar-refractivity contribution in [1.82, 2.24) is 15.6 Å². The number of guanidine groups is 1. The second-order valence-electron chi connectivity index (χ2n) is 5.92. The second kappa shape index (κ2) is 8.65. The lowest BCUT2D eigenvalue weighted by Gasteiger charge is -2.28. The summed E-state index contributed by atoms with van der Waals surface area (Å²) in [6.45, 7) is 4.05. The van der Waals surface area contributed by atoms with Crippen molar-refractivity contribution in [2.24, 2.45) is 16.8 Å². The van der Waals surface area contributed by atoms with Crippen LogP contribution in [0.15, 0.2) is 29.4 Å². The molecule has 1 aliphatic carbocycles. The Labute approximate surface area is 128 Å². The van der Waals surface area contributed by atoms with Crippen LogP contribution in [0, 0.1) is 11.8 Å². The number of aliphatic imine (C=N–C) groups is 1. The summed E-state index contributed by atoms with van der Waals surface area (Å²) >= 11 is 0. The van der Waals surface area contributed by atoms with Crippen LogP contribution in [0.1, 0.15) is 44.7 Å². The standard InChI is InChI=1S/C17H28N4/c1-3-14-7-9-15(10-8-14)12-20-17(18-2)21-13-16-6-4-5-11-19-16/h4-6,11,14-15H,3,7-10,12-13H2,1-2H3,(H2,18,20,21). The first-order chi connectivity index (χ1) is 10.3. The molecule has 0 aliphatic heterocycles. The van der Waals surface area contributed by atoms with E-state index in [-0.39, 0.29) is 0 Å². The molecule has 2 N–H and O–H groups in total. The average molecular weight is 288 g/mol. The summed E-state index contributed by atoms with van der Waals surface area (Å²) in [6.07, 6.45) is 8.64. The molecule has 0 unspecified atom stereocenters. The normalized spacial score (nSPS) is 22.9. The molecule has 0 aromatic carbocycles. The van der Waals surface area contributed by atoms with E-state index in [0.29, 0.717) is 6.54 Å². The predicted molar refractivity (Wildman–Crippen MR) is 88.2 cm³/mol. The Balaban J connectivity index is 1.69. The van der Waals surface area contributed by atoms with Crippen LogP contribution >= 0.6 is 0 Å². The largest absolute Gasteiger partial charge is 0.356 e. The number of hydrogen-bond acceptors (Lipinski definition) is 2. The van der Waals surface area contributed by atoms with Gasteiger partial charge in [-0.1, -0.05) is 32.3 Å². The van der Waals surface area contributed by atoms with Gasteiger partial charge >= 0.3 is 0 Å². The number of hydrogen-bond donors (Lipinski definition) is 2. The summed E-state index contributed by atoms with van der Waals surface area (Å²) in [4.78, 5) is 8.59. The smallest absolute Gasteiger partial charge is 0.191 e. The van der Waals surface area contributed by atoms with Gasteiger partial charge in [0.1, 0.15) is 0 Å². The van der Waals surface area contributed by atoms with Crippen LogP contribution in [0.4, 0.5) is 0 Å². The zero-order valence-corrected chi connectivity index (χ0v) is 13.3. The molecule has 4 nitrogen and oxygen atoms in total. The van der Waals surface area contributed by atoms with Gasteiger partial charge in [0, 0.05) is 19.8 Å². The fourth-order valence-corrected chi connectivity index (χ4v) is 2.98. The zero-order chi connectivity index (χ0) is 14.9. The van der Waals surface area contributed by atoms with Gasteiger partial charge < -0.3 is 10.6 Å². The van der Waals surface area contributed by atoms with Gasteiger partial charge in [-0.05, 0) is 36.8 Å². The minimum absolute atomic E-state index is 0.711. The lowest BCUT2D eigenvalue weighted by molar-refractivity contribution is 0.269. The van der Waals surface area contributed by atoms with Crippen LogP contribution in [-0.2, 0) is 6.54 Å². The van der Waals surface area contributed by atoms with Crippen molar-refractivity contribution >= 4 is 5.96 Å². The molecule has 0 spiro atoms. The van der Waals surface area contributed by atoms with E-state index in [0.717, 1.165) is 30.0 Å². The highest BCUT2D eigenvalue weighted by atomic mass is 15.2. The topological polar surface area (TPSA) is 49.3 Å². The third-order valence-electron chi connectivity index (χ3n) is 4.49. The van der Waals surface area contributed by atoms with Gasteiger partial charge in [-0.25, -0.2) is 0 Å². The number of rotatable bonds is 5. The summed E-state index contributed by atoms with van der Waals surface area (Å²) in [5.74, 6) is 2.63. The summed E-state index contributed by atoms with van der Waals surface area (Å²) in [5.41, 5.74) is 1.03. The van der Waals surface area contributed by atoms with Crippen molar-refractivity contribution < 1.29 is 0 Å². The molecule has 0 saturated heterocycles. The number of pyridine rings is 1. The summed E-state index contributed by atoms with van der Waals surface area (Å²) in [7, 11) is 1.82. The minimum atomic E-state index is 0.711. The van der Waals surface area contributed by atoms with Crippen molar-refractivity contribution in [3.05, 3.63) is 30.1 Å². The highest BCUT2D eigenvalue weighted by Gasteiger charge is 2.19. The Morgan fingerprint density at radius 3 is 2.57 bits per heavy atom. The predicted octanol–water partition coefficient (Wildman–Crippen LogP) is 2.96. The van der Waals surface area contributed by atoms with Crippen LogP contribution in [0.25, 0.3) is 0 Å². The van der Waals surface area contributed by atoms with Crippen molar-refractivity contribution in [2.75, 3.05) is 13.6 Å². The highest BCUT2D eigenvalue weighted by Crippen LogP contribution is 2.29. The van der Waals surface area contributed by atoms with Crippen molar-refractivity contribution in [3.63, 3.8) is 0 Å². The van der Waals surface area contributed by atoms with Gasteiger partial charge in [0.15, 0.2) is 5.96 Å². The number of aromatic nitrogens is 1. The van der Waals surface area contributed by atoms with Gasteiger partial charge in [0.25, 0.3) is 0 Å². The summed E-state index contributed by atoms with van der Waals surface area (Å²) < 4.78 is 0. The van der Waals surface area contributed by atoms with Crippen LogP contribution in [-0.4, -0.2) is 24.5 Å². The first-order valence-corrected chi connectivity index (χ1v) is 8.16. The van der Waals surface area contributed by atoms with Crippen LogP contribution < -0.4 is 10.6 Å². The van der Waals surface area contributed by atoms with E-state index in [1.54, 1.807) is 0 Å². The van der Waals surface area contributed by atoms with Gasteiger partial charge in [0.2, 0.25) is 0 Å². The van der Waals surface area contributed by atoms with E-state index >= 15 is 0 Å². The molecule has 1 saturated carbocycles. The van der Waals surface area contributed by atoms with E-state index in [2.05, 4.69) is 27.5 Å². The Hall–Kier alpha value is -1.58. The van der Waals surface area contributed by atoms with E-state index in [1.165, 1.54) is 32.1 Å². The first-order valence-electron chi connectivity index (χ1n) is 8.16. The molecule has 1 fully saturated rings. The molecule has 116 valence electrons. The molecule has 1 aromatic rings. The van der Waals surface area contributed by atoms with E-state index in [4.69, 9.17) is 0 Å². The van der Waals surface area contributed by atoms with Crippen molar-refractivity contribution in [1.29, 1.82) is 0 Å². The maximum atomic E-state index is 4.31. The number of nitrogens with zero attached hydrogens (tertiary/aromatic N) is 2. The molecule has 21 heavy (non-hydrogen) atoms. The van der Waals surface area contributed by atoms with Gasteiger partial charge in [-0.15, -0.1) is 0 Å². The molecule has 0 radical (unpaired) electrons. The fourth-order valence-electron chi connectivity index (χ4n) is 2.98. The molecular weight excluding hydrogens is 260 g/mol. The van der Waals surface area contributed by atoms with Gasteiger partial charge in [-0.2, -0.15) is 0 Å². The molecule has 0 bridgehead atoms. The van der Waals surface area contributed by atoms with E-state index in [9.17, 15) is 0 Å². The van der Waals surface area contributed by atoms with Crippen molar-refractivity contribution in [2.45, 2.75) is 45.6 Å². The third-order valence-corrected chi connectivity index (χ3v) is 4.49. The van der Waals surface area contributed by atoms with Crippen LogP contribution in [0.2, 0.25) is 0 Å². The Morgan fingerprint density at radius 2 is 1.95 bits per heavy atom. The SMILES string of the molecule is CCC1CCC(CNC(=NC)NCc2ccccn2)CC1. The van der Waals surface area contributed by atoms with Gasteiger partial charge in [-0.3, -0.25) is 9.98 Å². The molecule has 1 aromatic heterocycles. The Bertz CT molecular complexity index is 422. The minimum Gasteiger partial charge on any atom is -0.356 e. The first kappa shape index (κ1) is 15.8. The molecular formula is C17H28N4. The maximum Gasteiger partial charge on any atom is 0.191 e. The summed E-state index contributed by atoms with van der Waals surface area (Å²) in [6, 6.07) is 5.96. The fraction of sp³-hybridized carbons (Fsp3) is 0.647. The third kappa shape index (κ3) is 5.37.